The number of hydrogen-bond donors (Lipinski definition) is 1. The average molecular weight is 402 g/mol. The Morgan fingerprint density at radius 1 is 0.931 bits per heavy atom. The van der Waals surface area contributed by atoms with E-state index in [1.54, 1.807) is 24.3 Å². The van der Waals surface area contributed by atoms with Crippen LogP contribution in [0.2, 0.25) is 0 Å². The summed E-state index contributed by atoms with van der Waals surface area (Å²) >= 11 is 1.37. The number of rotatable bonds is 7. The van der Waals surface area contributed by atoms with Gasteiger partial charge in [-0.1, -0.05) is 48.5 Å². The molecule has 1 atom stereocenters. The summed E-state index contributed by atoms with van der Waals surface area (Å²) < 4.78 is 5.29. The summed E-state index contributed by atoms with van der Waals surface area (Å²) in [6, 6.07) is 27.3. The van der Waals surface area contributed by atoms with Gasteiger partial charge in [0, 0.05) is 10.6 Å². The molecule has 6 heteroatoms. The minimum absolute atomic E-state index is 0.391. The first kappa shape index (κ1) is 20.2. The molecule has 144 valence electrons. The van der Waals surface area contributed by atoms with Crippen LogP contribution in [-0.2, 0) is 14.3 Å². The van der Waals surface area contributed by atoms with Gasteiger partial charge in [-0.05, 0) is 42.0 Å². The lowest BCUT2D eigenvalue weighted by molar-refractivity contribution is -0.146. The lowest BCUT2D eigenvalue weighted by Gasteiger charge is -2.16. The highest BCUT2D eigenvalue weighted by molar-refractivity contribution is 8.00. The molecule has 3 aromatic rings. The first-order valence-corrected chi connectivity index (χ1v) is 9.77. The van der Waals surface area contributed by atoms with Gasteiger partial charge in [0.15, 0.2) is 6.61 Å². The van der Waals surface area contributed by atoms with Gasteiger partial charge < -0.3 is 10.1 Å². The topological polar surface area (TPSA) is 79.2 Å². The Bertz CT molecular complexity index is 1000. The van der Waals surface area contributed by atoms with E-state index < -0.39 is 23.7 Å². The highest BCUT2D eigenvalue weighted by Crippen LogP contribution is 2.36. The molecular weight excluding hydrogens is 384 g/mol. The van der Waals surface area contributed by atoms with Crippen molar-refractivity contribution in [2.24, 2.45) is 0 Å². The molecule has 0 aliphatic rings. The zero-order valence-corrected chi connectivity index (χ0v) is 16.3. The number of nitrogens with zero attached hydrogens (tertiary/aromatic N) is 1. The van der Waals surface area contributed by atoms with Gasteiger partial charge in [-0.2, -0.15) is 5.26 Å². The summed E-state index contributed by atoms with van der Waals surface area (Å²) in [6.45, 7) is -0.391. The third-order valence-electron chi connectivity index (χ3n) is 3.96. The van der Waals surface area contributed by atoms with Gasteiger partial charge in [-0.25, -0.2) is 0 Å². The number of nitriles is 1. The van der Waals surface area contributed by atoms with Crippen LogP contribution >= 0.6 is 11.8 Å². The molecule has 0 aliphatic carbocycles. The molecule has 0 aliphatic heterocycles. The lowest BCUT2D eigenvalue weighted by Crippen LogP contribution is -2.23. The molecule has 0 aromatic heterocycles. The minimum atomic E-state index is -0.582. The Balaban J connectivity index is 1.63. The van der Waals surface area contributed by atoms with Crippen molar-refractivity contribution in [3.8, 4) is 6.07 Å². The van der Waals surface area contributed by atoms with Crippen molar-refractivity contribution in [1.29, 1.82) is 5.26 Å². The molecule has 5 nitrogen and oxygen atoms in total. The summed E-state index contributed by atoms with van der Waals surface area (Å²) in [7, 11) is 0. The fourth-order valence-electron chi connectivity index (χ4n) is 2.55. The quantitative estimate of drug-likeness (QED) is 0.462. The van der Waals surface area contributed by atoms with Gasteiger partial charge in [0.25, 0.3) is 5.91 Å². The largest absolute Gasteiger partial charge is 0.454 e. The second-order valence-corrected chi connectivity index (χ2v) is 7.25. The molecule has 1 amide bonds. The number of anilines is 1. The Morgan fingerprint density at radius 3 is 2.17 bits per heavy atom. The Morgan fingerprint density at radius 2 is 1.55 bits per heavy atom. The van der Waals surface area contributed by atoms with Crippen LogP contribution in [0.4, 0.5) is 5.69 Å². The standard InChI is InChI=1S/C23H18N2O3S/c24-15-17-11-13-19(14-12-17)25-21(26)16-28-23(27)22(18-7-3-1-4-8-18)29-20-9-5-2-6-10-20/h1-14,22H,16H2,(H,25,26)/t22-/m0/s1. The normalized spacial score (nSPS) is 11.1. The van der Waals surface area contributed by atoms with Crippen molar-refractivity contribution in [2.75, 3.05) is 11.9 Å². The fraction of sp³-hybridized carbons (Fsp3) is 0.0870. The monoisotopic (exact) mass is 402 g/mol. The van der Waals surface area contributed by atoms with Crippen molar-refractivity contribution in [3.05, 3.63) is 96.1 Å². The highest BCUT2D eigenvalue weighted by atomic mass is 32.2. The van der Waals surface area contributed by atoms with E-state index in [1.165, 1.54) is 11.8 Å². The van der Waals surface area contributed by atoms with Gasteiger partial charge in [0.05, 0.1) is 11.6 Å². The summed E-state index contributed by atoms with van der Waals surface area (Å²) in [5, 5.41) is 10.9. The van der Waals surface area contributed by atoms with Crippen LogP contribution in [0.1, 0.15) is 16.4 Å². The summed E-state index contributed by atoms with van der Waals surface area (Å²) in [4.78, 5) is 25.8. The molecule has 3 aromatic carbocycles. The van der Waals surface area contributed by atoms with Crippen LogP contribution in [0.25, 0.3) is 0 Å². The predicted molar refractivity (Wildman–Crippen MR) is 112 cm³/mol. The third kappa shape index (κ3) is 5.96. The fourth-order valence-corrected chi connectivity index (χ4v) is 3.60. The molecule has 0 spiro atoms. The first-order valence-electron chi connectivity index (χ1n) is 8.89. The number of nitrogens with one attached hydrogen (secondary N) is 1. The molecule has 1 N–H and O–H groups in total. The molecule has 0 saturated carbocycles. The van der Waals surface area contributed by atoms with E-state index in [0.717, 1.165) is 10.5 Å². The number of hydrogen-bond acceptors (Lipinski definition) is 5. The molecule has 0 unspecified atom stereocenters. The van der Waals surface area contributed by atoms with Crippen molar-refractivity contribution in [2.45, 2.75) is 10.1 Å². The lowest BCUT2D eigenvalue weighted by atomic mass is 10.1. The number of esters is 1. The maximum absolute atomic E-state index is 12.7. The van der Waals surface area contributed by atoms with Crippen LogP contribution in [0.3, 0.4) is 0 Å². The van der Waals surface area contributed by atoms with Crippen LogP contribution < -0.4 is 5.32 Å². The van der Waals surface area contributed by atoms with E-state index in [2.05, 4.69) is 5.32 Å². The smallest absolute Gasteiger partial charge is 0.324 e. The van der Waals surface area contributed by atoms with E-state index in [1.807, 2.05) is 66.7 Å². The second kappa shape index (κ2) is 10.1. The molecule has 0 fully saturated rings. The molecule has 0 radical (unpaired) electrons. The first-order chi connectivity index (χ1) is 14.2. The predicted octanol–water partition coefficient (Wildman–Crippen LogP) is 4.57. The van der Waals surface area contributed by atoms with Crippen LogP contribution in [0, 0.1) is 11.3 Å². The van der Waals surface area contributed by atoms with E-state index in [9.17, 15) is 9.59 Å². The van der Waals surface area contributed by atoms with Crippen molar-refractivity contribution in [3.63, 3.8) is 0 Å². The van der Waals surface area contributed by atoms with Gasteiger partial charge in [0.2, 0.25) is 0 Å². The molecular formula is C23H18N2O3S. The maximum Gasteiger partial charge on any atom is 0.324 e. The number of carbonyl (C=O) groups is 2. The van der Waals surface area contributed by atoms with E-state index in [4.69, 9.17) is 10.00 Å². The number of thioether (sulfide) groups is 1. The van der Waals surface area contributed by atoms with Gasteiger partial charge in [-0.3, -0.25) is 9.59 Å². The SMILES string of the molecule is N#Cc1ccc(NC(=O)COC(=O)[C@@H](Sc2ccccc2)c2ccccc2)cc1. The summed E-state index contributed by atoms with van der Waals surface area (Å²) in [6.07, 6.45) is 0. The van der Waals surface area contributed by atoms with E-state index >= 15 is 0 Å². The van der Waals surface area contributed by atoms with E-state index in [-0.39, 0.29) is 0 Å². The van der Waals surface area contributed by atoms with Crippen LogP contribution in [0.5, 0.6) is 0 Å². The van der Waals surface area contributed by atoms with E-state index in [0.29, 0.717) is 11.3 Å². The zero-order chi connectivity index (χ0) is 20.5. The van der Waals surface area contributed by atoms with Gasteiger partial charge in [0.1, 0.15) is 5.25 Å². The van der Waals surface area contributed by atoms with Crippen LogP contribution in [-0.4, -0.2) is 18.5 Å². The highest BCUT2D eigenvalue weighted by Gasteiger charge is 2.24. The summed E-state index contributed by atoms with van der Waals surface area (Å²) in [5.74, 6) is -0.931. The second-order valence-electron chi connectivity index (χ2n) is 6.07. The Kier molecular flexibility index (Phi) is 7.04. The van der Waals surface area contributed by atoms with Crippen LogP contribution in [0.15, 0.2) is 89.8 Å². The number of benzene rings is 3. The van der Waals surface area contributed by atoms with Crippen molar-refractivity contribution >= 4 is 29.3 Å². The Labute approximate surface area is 173 Å². The van der Waals surface area contributed by atoms with Crippen molar-refractivity contribution < 1.29 is 14.3 Å². The van der Waals surface area contributed by atoms with Crippen molar-refractivity contribution in [1.82, 2.24) is 0 Å². The number of ether oxygens (including phenoxy) is 1. The zero-order valence-electron chi connectivity index (χ0n) is 15.4. The number of carbonyl (C=O) groups excluding carboxylic acids is 2. The number of amides is 1. The molecule has 29 heavy (non-hydrogen) atoms. The molecule has 0 bridgehead atoms. The molecule has 3 rings (SSSR count). The minimum Gasteiger partial charge on any atom is -0.454 e. The molecule has 0 saturated heterocycles. The summed E-state index contributed by atoms with van der Waals surface area (Å²) in [5.41, 5.74) is 1.83. The van der Waals surface area contributed by atoms with Gasteiger partial charge >= 0.3 is 5.97 Å². The third-order valence-corrected chi connectivity index (χ3v) is 5.20. The van der Waals surface area contributed by atoms with Gasteiger partial charge in [-0.15, -0.1) is 11.8 Å². The maximum atomic E-state index is 12.7. The Hall–Kier alpha value is -3.56. The molecule has 0 heterocycles. The average Bonchev–Trinajstić information content (AvgIpc) is 2.77.